The molecule has 96 valence electrons. The molecule has 0 bridgehead atoms. The number of hydrogen-bond donors (Lipinski definition) is 1. The molecule has 1 unspecified atom stereocenters. The van der Waals surface area contributed by atoms with Gasteiger partial charge in [0.2, 0.25) is 0 Å². The molecule has 1 aromatic carbocycles. The number of likely N-dealkylation sites (N-methyl/N-ethyl adjacent to an activating group) is 1. The third kappa shape index (κ3) is 5.68. The molecule has 17 heavy (non-hydrogen) atoms. The molecule has 1 N–H and O–H groups in total. The summed E-state index contributed by atoms with van der Waals surface area (Å²) in [5, 5.41) is 3.38. The van der Waals surface area contributed by atoms with Crippen molar-refractivity contribution in [2.75, 3.05) is 19.8 Å². The van der Waals surface area contributed by atoms with E-state index in [1.807, 2.05) is 12.1 Å². The molecule has 0 fully saturated rings. The van der Waals surface area contributed by atoms with Crippen LogP contribution < -0.4 is 10.1 Å². The maximum absolute atomic E-state index is 11.9. The SMILES string of the molecule is CCNC(C)Cc1ccc(OCCCF)cc1. The number of ether oxygens (including phenoxy) is 1. The van der Waals surface area contributed by atoms with E-state index in [4.69, 9.17) is 4.74 Å². The smallest absolute Gasteiger partial charge is 0.119 e. The number of benzene rings is 1. The van der Waals surface area contributed by atoms with Gasteiger partial charge in [0.25, 0.3) is 0 Å². The summed E-state index contributed by atoms with van der Waals surface area (Å²) < 4.78 is 17.3. The summed E-state index contributed by atoms with van der Waals surface area (Å²) in [5.41, 5.74) is 1.29. The second kappa shape index (κ2) is 8.07. The van der Waals surface area contributed by atoms with E-state index in [0.29, 0.717) is 19.1 Å². The van der Waals surface area contributed by atoms with Gasteiger partial charge in [0.15, 0.2) is 0 Å². The Morgan fingerprint density at radius 2 is 2.00 bits per heavy atom. The Morgan fingerprint density at radius 3 is 2.59 bits per heavy atom. The summed E-state index contributed by atoms with van der Waals surface area (Å²) >= 11 is 0. The van der Waals surface area contributed by atoms with Gasteiger partial charge in [-0.25, -0.2) is 0 Å². The molecule has 1 rings (SSSR count). The summed E-state index contributed by atoms with van der Waals surface area (Å²) in [6, 6.07) is 8.52. The van der Waals surface area contributed by atoms with Crippen molar-refractivity contribution < 1.29 is 9.13 Å². The fourth-order valence-corrected chi connectivity index (χ4v) is 1.74. The molecule has 0 heterocycles. The molecule has 2 nitrogen and oxygen atoms in total. The molecule has 3 heteroatoms. The largest absolute Gasteiger partial charge is 0.494 e. The molecule has 0 aliphatic rings. The lowest BCUT2D eigenvalue weighted by Gasteiger charge is -2.12. The molecule has 0 radical (unpaired) electrons. The van der Waals surface area contributed by atoms with Gasteiger partial charge in [-0.1, -0.05) is 19.1 Å². The molecule has 0 aromatic heterocycles. The van der Waals surface area contributed by atoms with Gasteiger partial charge in [0.05, 0.1) is 13.3 Å². The van der Waals surface area contributed by atoms with E-state index in [0.717, 1.165) is 18.7 Å². The summed E-state index contributed by atoms with van der Waals surface area (Å²) in [6.07, 6.45) is 1.47. The first-order valence-electron chi connectivity index (χ1n) is 6.27. The number of rotatable bonds is 8. The van der Waals surface area contributed by atoms with Crippen LogP contribution >= 0.6 is 0 Å². The van der Waals surface area contributed by atoms with Crippen molar-refractivity contribution in [3.05, 3.63) is 29.8 Å². The first-order chi connectivity index (χ1) is 8.26. The molecule has 0 spiro atoms. The molecule has 0 aliphatic heterocycles. The highest BCUT2D eigenvalue weighted by atomic mass is 19.1. The predicted octanol–water partition coefficient (Wildman–Crippen LogP) is 2.97. The molecular weight excluding hydrogens is 217 g/mol. The molecule has 1 atom stereocenters. The molecule has 0 saturated heterocycles. The highest BCUT2D eigenvalue weighted by Crippen LogP contribution is 2.13. The van der Waals surface area contributed by atoms with Crippen LogP contribution in [0.4, 0.5) is 4.39 Å². The van der Waals surface area contributed by atoms with E-state index in [9.17, 15) is 4.39 Å². The van der Waals surface area contributed by atoms with Crippen LogP contribution in [0.3, 0.4) is 0 Å². The van der Waals surface area contributed by atoms with E-state index < -0.39 is 0 Å². The van der Waals surface area contributed by atoms with Crippen LogP contribution in [-0.2, 0) is 6.42 Å². The van der Waals surface area contributed by atoms with Crippen molar-refractivity contribution in [2.45, 2.75) is 32.7 Å². The highest BCUT2D eigenvalue weighted by molar-refractivity contribution is 5.27. The number of nitrogens with one attached hydrogen (secondary N) is 1. The minimum atomic E-state index is -0.321. The van der Waals surface area contributed by atoms with Gasteiger partial charge in [0.1, 0.15) is 5.75 Å². The number of alkyl halides is 1. The lowest BCUT2D eigenvalue weighted by molar-refractivity contribution is 0.289. The van der Waals surface area contributed by atoms with Crippen LogP contribution in [0.2, 0.25) is 0 Å². The van der Waals surface area contributed by atoms with Crippen LogP contribution in [0.5, 0.6) is 5.75 Å². The Bertz CT molecular complexity index is 300. The summed E-state index contributed by atoms with van der Waals surface area (Å²) in [5.74, 6) is 0.818. The maximum Gasteiger partial charge on any atom is 0.119 e. The van der Waals surface area contributed by atoms with Crippen LogP contribution in [-0.4, -0.2) is 25.9 Å². The Balaban J connectivity index is 2.39. The van der Waals surface area contributed by atoms with Crippen molar-refractivity contribution in [3.63, 3.8) is 0 Å². The molecule has 0 aliphatic carbocycles. The second-order valence-electron chi connectivity index (χ2n) is 4.20. The summed E-state index contributed by atoms with van der Waals surface area (Å²) in [6.45, 7) is 5.40. The molecule has 0 saturated carbocycles. The second-order valence-corrected chi connectivity index (χ2v) is 4.20. The van der Waals surface area contributed by atoms with Gasteiger partial charge >= 0.3 is 0 Å². The van der Waals surface area contributed by atoms with Gasteiger partial charge in [-0.15, -0.1) is 0 Å². The van der Waals surface area contributed by atoms with Gasteiger partial charge < -0.3 is 10.1 Å². The zero-order valence-corrected chi connectivity index (χ0v) is 10.7. The first kappa shape index (κ1) is 14.0. The molecule has 0 amide bonds. The first-order valence-corrected chi connectivity index (χ1v) is 6.27. The van der Waals surface area contributed by atoms with Crippen LogP contribution in [0.1, 0.15) is 25.8 Å². The Kier molecular flexibility index (Phi) is 6.63. The summed E-state index contributed by atoms with van der Waals surface area (Å²) in [7, 11) is 0. The van der Waals surface area contributed by atoms with E-state index in [2.05, 4.69) is 31.3 Å². The third-order valence-electron chi connectivity index (χ3n) is 2.56. The monoisotopic (exact) mass is 239 g/mol. The lowest BCUT2D eigenvalue weighted by Crippen LogP contribution is -2.27. The van der Waals surface area contributed by atoms with E-state index in [1.54, 1.807) is 0 Å². The van der Waals surface area contributed by atoms with Crippen LogP contribution in [0.15, 0.2) is 24.3 Å². The third-order valence-corrected chi connectivity index (χ3v) is 2.56. The average molecular weight is 239 g/mol. The Labute approximate surface area is 103 Å². The van der Waals surface area contributed by atoms with Gasteiger partial charge in [-0.05, 0) is 37.6 Å². The van der Waals surface area contributed by atoms with E-state index >= 15 is 0 Å². The Morgan fingerprint density at radius 1 is 1.29 bits per heavy atom. The van der Waals surface area contributed by atoms with Crippen LogP contribution in [0, 0.1) is 0 Å². The minimum Gasteiger partial charge on any atom is -0.494 e. The molecule has 1 aromatic rings. The number of hydrogen-bond acceptors (Lipinski definition) is 2. The molecular formula is C14H22FNO. The summed E-state index contributed by atoms with van der Waals surface area (Å²) in [4.78, 5) is 0. The van der Waals surface area contributed by atoms with E-state index in [1.165, 1.54) is 5.56 Å². The van der Waals surface area contributed by atoms with Crippen molar-refractivity contribution in [2.24, 2.45) is 0 Å². The zero-order valence-electron chi connectivity index (χ0n) is 10.7. The fraction of sp³-hybridized carbons (Fsp3) is 0.571. The lowest BCUT2D eigenvalue weighted by atomic mass is 10.1. The minimum absolute atomic E-state index is 0.321. The van der Waals surface area contributed by atoms with Gasteiger partial charge in [-0.3, -0.25) is 4.39 Å². The average Bonchev–Trinajstić information content (AvgIpc) is 2.32. The zero-order chi connectivity index (χ0) is 12.5. The van der Waals surface area contributed by atoms with Crippen molar-refractivity contribution in [3.8, 4) is 5.75 Å². The van der Waals surface area contributed by atoms with Crippen molar-refractivity contribution in [1.29, 1.82) is 0 Å². The van der Waals surface area contributed by atoms with Crippen LogP contribution in [0.25, 0.3) is 0 Å². The number of halogens is 1. The predicted molar refractivity (Wildman–Crippen MR) is 69.4 cm³/mol. The van der Waals surface area contributed by atoms with Gasteiger partial charge in [0, 0.05) is 12.5 Å². The normalized spacial score (nSPS) is 12.4. The van der Waals surface area contributed by atoms with Gasteiger partial charge in [-0.2, -0.15) is 0 Å². The maximum atomic E-state index is 11.9. The topological polar surface area (TPSA) is 21.3 Å². The van der Waals surface area contributed by atoms with Crippen molar-refractivity contribution >= 4 is 0 Å². The van der Waals surface area contributed by atoms with E-state index in [-0.39, 0.29) is 6.67 Å². The van der Waals surface area contributed by atoms with Crippen molar-refractivity contribution in [1.82, 2.24) is 5.32 Å². The Hall–Kier alpha value is -1.09. The highest BCUT2D eigenvalue weighted by Gasteiger charge is 2.02. The standard InChI is InChI=1S/C14H22FNO/c1-3-16-12(2)11-13-5-7-14(8-6-13)17-10-4-9-15/h5-8,12,16H,3-4,9-11H2,1-2H3. The quantitative estimate of drug-likeness (QED) is 0.704. The fourth-order valence-electron chi connectivity index (χ4n) is 1.74.